The molecule has 0 saturated carbocycles. The van der Waals surface area contributed by atoms with E-state index in [0.29, 0.717) is 34.8 Å². The number of nitrogens with one attached hydrogen (secondary N) is 2. The standard InChI is InChI=1S/C36H34N4O4/c1-4-20-44-30-18-14-26(15-19-30)34-23-32(31-10-5-6-11-33(31)38-34)36(42)40-39-24(2)27-8-7-9-28(22-27)37-35(41)21-25-12-16-29(43-3)17-13-25/h5-19,22-23H,4,20-21H2,1-3H3,(H,37,41)(H,40,42)/b39-24-. The molecular weight excluding hydrogens is 552 g/mol. The number of pyridine rings is 1. The number of benzene rings is 4. The van der Waals surface area contributed by atoms with Crippen LogP contribution in [0.4, 0.5) is 5.69 Å². The Morgan fingerprint density at radius 2 is 1.61 bits per heavy atom. The molecule has 4 aromatic carbocycles. The van der Waals surface area contributed by atoms with Crippen LogP contribution < -0.4 is 20.2 Å². The third-order valence-corrected chi connectivity index (χ3v) is 7.00. The maximum Gasteiger partial charge on any atom is 0.272 e. The zero-order valence-electron chi connectivity index (χ0n) is 25.0. The predicted molar refractivity (Wildman–Crippen MR) is 174 cm³/mol. The number of hydrogen-bond donors (Lipinski definition) is 2. The van der Waals surface area contributed by atoms with Crippen molar-refractivity contribution in [1.29, 1.82) is 0 Å². The van der Waals surface area contributed by atoms with Crippen LogP contribution in [0.1, 0.15) is 41.8 Å². The Balaban J connectivity index is 1.30. The number of hydrazone groups is 1. The Kier molecular flexibility index (Phi) is 9.61. The van der Waals surface area contributed by atoms with Crippen LogP contribution in [0.25, 0.3) is 22.2 Å². The second-order valence-electron chi connectivity index (χ2n) is 10.2. The predicted octanol–water partition coefficient (Wildman–Crippen LogP) is 7.03. The molecule has 1 aromatic heterocycles. The van der Waals surface area contributed by atoms with E-state index in [1.54, 1.807) is 20.1 Å². The fourth-order valence-electron chi connectivity index (χ4n) is 4.67. The summed E-state index contributed by atoms with van der Waals surface area (Å²) in [6.07, 6.45) is 1.16. The second-order valence-corrected chi connectivity index (χ2v) is 10.2. The number of nitrogens with zero attached hydrogens (tertiary/aromatic N) is 2. The molecule has 0 fully saturated rings. The van der Waals surface area contributed by atoms with Gasteiger partial charge < -0.3 is 14.8 Å². The first kappa shape index (κ1) is 30.0. The van der Waals surface area contributed by atoms with Gasteiger partial charge >= 0.3 is 0 Å². The molecule has 0 aliphatic carbocycles. The van der Waals surface area contributed by atoms with Crippen molar-refractivity contribution in [1.82, 2.24) is 10.4 Å². The Labute approximate surface area is 256 Å². The Morgan fingerprint density at radius 3 is 2.36 bits per heavy atom. The van der Waals surface area contributed by atoms with Gasteiger partial charge in [-0.1, -0.05) is 49.4 Å². The average Bonchev–Trinajstić information content (AvgIpc) is 3.06. The number of carbonyl (C=O) groups excluding carboxylic acids is 2. The molecule has 8 nitrogen and oxygen atoms in total. The van der Waals surface area contributed by atoms with Gasteiger partial charge in [0.25, 0.3) is 5.91 Å². The van der Waals surface area contributed by atoms with E-state index in [0.717, 1.165) is 40.0 Å². The number of ether oxygens (including phenoxy) is 2. The fourth-order valence-corrected chi connectivity index (χ4v) is 4.67. The Hall–Kier alpha value is -5.50. The summed E-state index contributed by atoms with van der Waals surface area (Å²) >= 11 is 0. The summed E-state index contributed by atoms with van der Waals surface area (Å²) in [6.45, 7) is 4.52. The van der Waals surface area contributed by atoms with Gasteiger partial charge in [-0.2, -0.15) is 5.10 Å². The molecule has 222 valence electrons. The number of carbonyl (C=O) groups is 2. The second kappa shape index (κ2) is 14.1. The molecule has 0 saturated heterocycles. The van der Waals surface area contributed by atoms with Gasteiger partial charge in [-0.3, -0.25) is 9.59 Å². The summed E-state index contributed by atoms with van der Waals surface area (Å²) in [7, 11) is 1.61. The lowest BCUT2D eigenvalue weighted by molar-refractivity contribution is -0.115. The van der Waals surface area contributed by atoms with Crippen molar-refractivity contribution in [3.8, 4) is 22.8 Å². The molecule has 2 amide bonds. The number of aromatic nitrogens is 1. The fraction of sp³-hybridized carbons (Fsp3) is 0.167. The minimum atomic E-state index is -0.351. The highest BCUT2D eigenvalue weighted by Gasteiger charge is 2.14. The van der Waals surface area contributed by atoms with Crippen LogP contribution in [0.3, 0.4) is 0 Å². The van der Waals surface area contributed by atoms with Crippen LogP contribution in [0.2, 0.25) is 0 Å². The summed E-state index contributed by atoms with van der Waals surface area (Å²) in [5.41, 5.74) is 8.30. The van der Waals surface area contributed by atoms with Gasteiger partial charge in [0.1, 0.15) is 11.5 Å². The number of anilines is 1. The zero-order valence-corrected chi connectivity index (χ0v) is 25.0. The SMILES string of the molecule is CCCOc1ccc(-c2cc(C(=O)N/N=C(/C)c3cccc(NC(=O)Cc4ccc(OC)cc4)c3)c3ccccc3n2)cc1. The largest absolute Gasteiger partial charge is 0.497 e. The molecule has 0 aliphatic heterocycles. The monoisotopic (exact) mass is 586 g/mol. The van der Waals surface area contributed by atoms with Gasteiger partial charge in [-0.25, -0.2) is 10.4 Å². The first-order valence-corrected chi connectivity index (χ1v) is 14.4. The topological polar surface area (TPSA) is 102 Å². The number of rotatable bonds is 11. The summed E-state index contributed by atoms with van der Waals surface area (Å²) in [5.74, 6) is 1.04. The molecule has 0 spiro atoms. The minimum absolute atomic E-state index is 0.140. The first-order chi connectivity index (χ1) is 21.4. The van der Waals surface area contributed by atoms with Crippen molar-refractivity contribution in [3.05, 3.63) is 120 Å². The maximum atomic E-state index is 13.4. The van der Waals surface area contributed by atoms with Gasteiger partial charge in [0, 0.05) is 16.6 Å². The smallest absolute Gasteiger partial charge is 0.272 e. The average molecular weight is 587 g/mol. The van der Waals surface area contributed by atoms with Crippen LogP contribution in [0.5, 0.6) is 11.5 Å². The van der Waals surface area contributed by atoms with E-state index in [4.69, 9.17) is 14.5 Å². The van der Waals surface area contributed by atoms with E-state index in [1.807, 2.05) is 97.1 Å². The third-order valence-electron chi connectivity index (χ3n) is 7.00. The van der Waals surface area contributed by atoms with Gasteiger partial charge in [-0.15, -0.1) is 0 Å². The molecule has 0 radical (unpaired) electrons. The van der Waals surface area contributed by atoms with Crippen LogP contribution in [-0.2, 0) is 11.2 Å². The van der Waals surface area contributed by atoms with Gasteiger partial charge in [0.05, 0.1) is 42.6 Å². The number of hydrogen-bond acceptors (Lipinski definition) is 6. The van der Waals surface area contributed by atoms with E-state index >= 15 is 0 Å². The third kappa shape index (κ3) is 7.46. The number of amides is 2. The van der Waals surface area contributed by atoms with Crippen LogP contribution >= 0.6 is 0 Å². The van der Waals surface area contributed by atoms with Gasteiger partial charge in [0.15, 0.2) is 0 Å². The quantitative estimate of drug-likeness (QED) is 0.128. The Bertz CT molecular complexity index is 1800. The highest BCUT2D eigenvalue weighted by Crippen LogP contribution is 2.26. The van der Waals surface area contributed by atoms with E-state index < -0.39 is 0 Å². The zero-order chi connectivity index (χ0) is 30.9. The summed E-state index contributed by atoms with van der Waals surface area (Å²) < 4.78 is 10.9. The molecule has 0 aliphatic rings. The molecular formula is C36H34N4O4. The van der Waals surface area contributed by atoms with Crippen LogP contribution in [0, 0.1) is 0 Å². The van der Waals surface area contributed by atoms with Gasteiger partial charge in [0.2, 0.25) is 5.91 Å². The highest BCUT2D eigenvalue weighted by molar-refractivity contribution is 6.08. The summed E-state index contributed by atoms with van der Waals surface area (Å²) in [4.78, 5) is 30.9. The van der Waals surface area contributed by atoms with Crippen molar-refractivity contribution < 1.29 is 19.1 Å². The molecule has 5 rings (SSSR count). The Morgan fingerprint density at radius 1 is 0.864 bits per heavy atom. The molecule has 2 N–H and O–H groups in total. The highest BCUT2D eigenvalue weighted by atomic mass is 16.5. The number of methoxy groups -OCH3 is 1. The number of para-hydroxylation sites is 1. The summed E-state index contributed by atoms with van der Waals surface area (Å²) in [5, 5.41) is 8.04. The van der Waals surface area contributed by atoms with Crippen LogP contribution in [-0.4, -0.2) is 36.2 Å². The lowest BCUT2D eigenvalue weighted by Gasteiger charge is -2.11. The molecule has 0 atom stereocenters. The summed E-state index contributed by atoms with van der Waals surface area (Å²) in [6, 6.07) is 31.7. The maximum absolute atomic E-state index is 13.4. The normalized spacial score (nSPS) is 11.2. The molecule has 44 heavy (non-hydrogen) atoms. The van der Waals surface area contributed by atoms with E-state index in [-0.39, 0.29) is 18.2 Å². The van der Waals surface area contributed by atoms with Crippen molar-refractivity contribution >= 4 is 34.1 Å². The van der Waals surface area contributed by atoms with Crippen molar-refractivity contribution in [2.45, 2.75) is 26.7 Å². The van der Waals surface area contributed by atoms with E-state index in [1.165, 1.54) is 0 Å². The lowest BCUT2D eigenvalue weighted by atomic mass is 10.0. The molecule has 1 heterocycles. The van der Waals surface area contributed by atoms with Crippen LogP contribution in [0.15, 0.2) is 108 Å². The molecule has 8 heteroatoms. The molecule has 5 aromatic rings. The molecule has 0 bridgehead atoms. The van der Waals surface area contributed by atoms with E-state index in [9.17, 15) is 9.59 Å². The van der Waals surface area contributed by atoms with Gasteiger partial charge in [-0.05, 0) is 85.1 Å². The number of fused-ring (bicyclic) bond motifs is 1. The first-order valence-electron chi connectivity index (χ1n) is 14.4. The van der Waals surface area contributed by atoms with Crippen molar-refractivity contribution in [2.75, 3.05) is 19.0 Å². The van der Waals surface area contributed by atoms with Crippen molar-refractivity contribution in [2.24, 2.45) is 5.10 Å². The minimum Gasteiger partial charge on any atom is -0.497 e. The lowest BCUT2D eigenvalue weighted by Crippen LogP contribution is -2.20. The van der Waals surface area contributed by atoms with Crippen molar-refractivity contribution in [3.63, 3.8) is 0 Å². The van der Waals surface area contributed by atoms with E-state index in [2.05, 4.69) is 22.8 Å². The molecule has 0 unspecified atom stereocenters.